The zero-order valence-electron chi connectivity index (χ0n) is 13.1. The molecular weight excluding hydrogens is 292 g/mol. The number of hydrogen-bond acceptors (Lipinski definition) is 4. The molecule has 0 N–H and O–H groups in total. The molecule has 23 heavy (non-hydrogen) atoms. The van der Waals surface area contributed by atoms with Gasteiger partial charge in [-0.05, 0) is 16.7 Å². The highest BCUT2D eigenvalue weighted by atomic mass is 16.5. The lowest BCUT2D eigenvalue weighted by molar-refractivity contribution is -0.143. The molecule has 0 fully saturated rings. The molecule has 2 aromatic rings. The normalized spacial score (nSPS) is 9.83. The van der Waals surface area contributed by atoms with E-state index >= 15 is 0 Å². The smallest absolute Gasteiger partial charge is 0.334 e. The summed E-state index contributed by atoms with van der Waals surface area (Å²) in [5.41, 5.74) is 2.62. The highest BCUT2D eigenvalue weighted by molar-refractivity contribution is 6.04. The van der Waals surface area contributed by atoms with Crippen LogP contribution in [0.15, 0.2) is 66.2 Å². The molecule has 0 saturated heterocycles. The molecule has 4 heteroatoms. The van der Waals surface area contributed by atoms with Crippen LogP contribution in [0.5, 0.6) is 0 Å². The topological polar surface area (TPSA) is 52.6 Å². The van der Waals surface area contributed by atoms with Crippen molar-refractivity contribution in [2.24, 2.45) is 0 Å². The fourth-order valence-electron chi connectivity index (χ4n) is 2.33. The van der Waals surface area contributed by atoms with Gasteiger partial charge in [-0.15, -0.1) is 0 Å². The van der Waals surface area contributed by atoms with E-state index in [1.807, 2.05) is 60.7 Å². The number of hydrogen-bond donors (Lipinski definition) is 0. The van der Waals surface area contributed by atoms with E-state index < -0.39 is 11.9 Å². The van der Waals surface area contributed by atoms with Crippen LogP contribution in [0, 0.1) is 0 Å². The van der Waals surface area contributed by atoms with Crippen molar-refractivity contribution >= 4 is 17.5 Å². The second kappa shape index (κ2) is 7.94. The van der Waals surface area contributed by atoms with Gasteiger partial charge in [-0.1, -0.05) is 60.7 Å². The maximum atomic E-state index is 12.3. The van der Waals surface area contributed by atoms with Gasteiger partial charge in [0.25, 0.3) is 0 Å². The SMILES string of the molecule is COC(=O)CC(C(=O)OC)=C(c1ccccc1)c1ccccc1. The van der Waals surface area contributed by atoms with Crippen LogP contribution < -0.4 is 0 Å². The lowest BCUT2D eigenvalue weighted by atomic mass is 9.91. The second-order valence-corrected chi connectivity index (χ2v) is 4.83. The van der Waals surface area contributed by atoms with E-state index in [1.165, 1.54) is 14.2 Å². The quantitative estimate of drug-likeness (QED) is 0.628. The van der Waals surface area contributed by atoms with Gasteiger partial charge in [0, 0.05) is 0 Å². The van der Waals surface area contributed by atoms with Crippen molar-refractivity contribution in [3.63, 3.8) is 0 Å². The summed E-state index contributed by atoms with van der Waals surface area (Å²) in [4.78, 5) is 24.0. The Morgan fingerprint density at radius 1 is 0.783 bits per heavy atom. The Balaban J connectivity index is 2.69. The molecule has 0 amide bonds. The van der Waals surface area contributed by atoms with E-state index in [-0.39, 0.29) is 12.0 Å². The Hall–Kier alpha value is -2.88. The van der Waals surface area contributed by atoms with Crippen molar-refractivity contribution in [1.29, 1.82) is 0 Å². The summed E-state index contributed by atoms with van der Waals surface area (Å²) in [6.07, 6.45) is -0.151. The summed E-state index contributed by atoms with van der Waals surface area (Å²) in [5, 5.41) is 0. The Labute approximate surface area is 135 Å². The molecule has 4 nitrogen and oxygen atoms in total. The summed E-state index contributed by atoms with van der Waals surface area (Å²) >= 11 is 0. The van der Waals surface area contributed by atoms with Gasteiger partial charge >= 0.3 is 11.9 Å². The van der Waals surface area contributed by atoms with Crippen molar-refractivity contribution in [2.45, 2.75) is 6.42 Å². The summed E-state index contributed by atoms with van der Waals surface area (Å²) in [5.74, 6) is -1.03. The van der Waals surface area contributed by atoms with Crippen LogP contribution in [-0.2, 0) is 19.1 Å². The van der Waals surface area contributed by atoms with Crippen LogP contribution in [0.4, 0.5) is 0 Å². The summed E-state index contributed by atoms with van der Waals surface area (Å²) in [6, 6.07) is 18.9. The van der Waals surface area contributed by atoms with Gasteiger partial charge in [-0.25, -0.2) is 4.79 Å². The highest BCUT2D eigenvalue weighted by Gasteiger charge is 2.22. The lowest BCUT2D eigenvalue weighted by Crippen LogP contribution is -2.13. The van der Waals surface area contributed by atoms with E-state index in [0.29, 0.717) is 5.57 Å². The average molecular weight is 310 g/mol. The van der Waals surface area contributed by atoms with Gasteiger partial charge in [-0.2, -0.15) is 0 Å². The first-order valence-electron chi connectivity index (χ1n) is 7.16. The third-order valence-electron chi connectivity index (χ3n) is 3.41. The molecule has 0 radical (unpaired) electrons. The van der Waals surface area contributed by atoms with Crippen molar-refractivity contribution in [3.05, 3.63) is 77.4 Å². The molecule has 0 bridgehead atoms. The predicted molar refractivity (Wildman–Crippen MR) is 87.6 cm³/mol. The van der Waals surface area contributed by atoms with Crippen LogP contribution in [-0.4, -0.2) is 26.2 Å². The third-order valence-corrected chi connectivity index (χ3v) is 3.41. The van der Waals surface area contributed by atoms with Crippen LogP contribution in [0.1, 0.15) is 17.5 Å². The first-order valence-corrected chi connectivity index (χ1v) is 7.16. The standard InChI is InChI=1S/C19H18O4/c1-22-17(20)13-16(19(21)23-2)18(14-9-5-3-6-10-14)15-11-7-4-8-12-15/h3-12H,13H2,1-2H3. The van der Waals surface area contributed by atoms with E-state index in [4.69, 9.17) is 9.47 Å². The Bertz CT molecular complexity index is 661. The monoisotopic (exact) mass is 310 g/mol. The maximum Gasteiger partial charge on any atom is 0.334 e. The minimum absolute atomic E-state index is 0.151. The van der Waals surface area contributed by atoms with Crippen LogP contribution >= 0.6 is 0 Å². The second-order valence-electron chi connectivity index (χ2n) is 4.83. The van der Waals surface area contributed by atoms with Gasteiger partial charge in [0.1, 0.15) is 0 Å². The molecule has 118 valence electrons. The van der Waals surface area contributed by atoms with Gasteiger partial charge in [0.15, 0.2) is 0 Å². The maximum absolute atomic E-state index is 12.3. The summed E-state index contributed by atoms with van der Waals surface area (Å²) in [7, 11) is 2.59. The molecular formula is C19H18O4. The average Bonchev–Trinajstić information content (AvgIpc) is 2.62. The molecule has 0 aromatic heterocycles. The van der Waals surface area contributed by atoms with Crippen molar-refractivity contribution in [2.75, 3.05) is 14.2 Å². The zero-order chi connectivity index (χ0) is 16.7. The number of rotatable bonds is 5. The summed E-state index contributed by atoms with van der Waals surface area (Å²) in [6.45, 7) is 0. The van der Waals surface area contributed by atoms with Crippen molar-refractivity contribution < 1.29 is 19.1 Å². The highest BCUT2D eigenvalue weighted by Crippen LogP contribution is 2.29. The molecule has 2 aromatic carbocycles. The molecule has 0 unspecified atom stereocenters. The van der Waals surface area contributed by atoms with Crippen LogP contribution in [0.25, 0.3) is 5.57 Å². The fourth-order valence-corrected chi connectivity index (χ4v) is 2.33. The molecule has 0 atom stereocenters. The molecule has 0 aliphatic carbocycles. The fraction of sp³-hybridized carbons (Fsp3) is 0.158. The molecule has 2 rings (SSSR count). The number of carbonyl (C=O) groups is 2. The molecule has 0 spiro atoms. The predicted octanol–water partition coefficient (Wildman–Crippen LogP) is 3.22. The minimum Gasteiger partial charge on any atom is -0.469 e. The minimum atomic E-state index is -0.543. The largest absolute Gasteiger partial charge is 0.469 e. The first kappa shape index (κ1) is 16.5. The van der Waals surface area contributed by atoms with Crippen molar-refractivity contribution in [1.82, 2.24) is 0 Å². The van der Waals surface area contributed by atoms with Crippen LogP contribution in [0.2, 0.25) is 0 Å². The molecule has 0 saturated carbocycles. The van der Waals surface area contributed by atoms with Gasteiger partial charge in [-0.3, -0.25) is 4.79 Å². The van der Waals surface area contributed by atoms with E-state index in [1.54, 1.807) is 0 Å². The van der Waals surface area contributed by atoms with E-state index in [2.05, 4.69) is 0 Å². The van der Waals surface area contributed by atoms with Gasteiger partial charge < -0.3 is 9.47 Å². The zero-order valence-corrected chi connectivity index (χ0v) is 13.1. The number of esters is 2. The molecule has 0 heterocycles. The number of methoxy groups -OCH3 is 2. The molecule has 0 aliphatic rings. The molecule has 0 aliphatic heterocycles. The Morgan fingerprint density at radius 2 is 1.26 bits per heavy atom. The van der Waals surface area contributed by atoms with E-state index in [9.17, 15) is 9.59 Å². The van der Waals surface area contributed by atoms with E-state index in [0.717, 1.165) is 11.1 Å². The Kier molecular flexibility index (Phi) is 5.69. The van der Waals surface area contributed by atoms with Gasteiger partial charge in [0.05, 0.1) is 26.2 Å². The van der Waals surface area contributed by atoms with Gasteiger partial charge in [0.2, 0.25) is 0 Å². The summed E-state index contributed by atoms with van der Waals surface area (Å²) < 4.78 is 9.59. The first-order chi connectivity index (χ1) is 11.2. The van der Waals surface area contributed by atoms with Crippen LogP contribution in [0.3, 0.4) is 0 Å². The van der Waals surface area contributed by atoms with Crippen molar-refractivity contribution in [3.8, 4) is 0 Å². The number of carbonyl (C=O) groups excluding carboxylic acids is 2. The Morgan fingerprint density at radius 3 is 1.65 bits per heavy atom. The third kappa shape index (κ3) is 4.07. The lowest BCUT2D eigenvalue weighted by Gasteiger charge is -2.14. The number of ether oxygens (including phenoxy) is 2. The number of benzene rings is 2.